The van der Waals surface area contributed by atoms with Crippen molar-refractivity contribution in [2.75, 3.05) is 13.2 Å². The van der Waals surface area contributed by atoms with Crippen LogP contribution in [0.3, 0.4) is 0 Å². The van der Waals surface area contributed by atoms with Crippen molar-refractivity contribution in [1.82, 2.24) is 19.1 Å². The van der Waals surface area contributed by atoms with Crippen molar-refractivity contribution in [3.05, 3.63) is 89.5 Å². The minimum absolute atomic E-state index is 0.135. The Morgan fingerprint density at radius 3 is 1.44 bits per heavy atom. The third-order valence-corrected chi connectivity index (χ3v) is 4.81. The summed E-state index contributed by atoms with van der Waals surface area (Å²) in [5, 5.41) is 17.8. The van der Waals surface area contributed by atoms with Gasteiger partial charge in [0.1, 0.15) is 12.2 Å². The number of aromatic nitrogens is 4. The molecule has 32 heavy (non-hydrogen) atoms. The molecule has 0 saturated heterocycles. The number of hydrogen-bond donors (Lipinski definition) is 4. The Bertz CT molecular complexity index is 1150. The van der Waals surface area contributed by atoms with Gasteiger partial charge in [0.2, 0.25) is 0 Å². The highest BCUT2D eigenvalue weighted by Gasteiger charge is 2.22. The normalized spacial score (nSPS) is 23.9. The van der Waals surface area contributed by atoms with Crippen molar-refractivity contribution in [3.63, 3.8) is 0 Å². The minimum Gasteiger partial charge on any atom is -0.393 e. The Morgan fingerprint density at radius 2 is 1.12 bits per heavy atom. The number of aliphatic hydroxyl groups is 2. The molecule has 0 bridgehead atoms. The fourth-order valence-electron chi connectivity index (χ4n) is 3.05. The standard InChI is InChI=1S/2C10H12N2O4/c2*1-6-4-12(10(15)11-9(6)14)8-3-2-7(5-13)16-8/h2*2-4,7-8,13H,5H2,1H3,(H,11,14,15)/t2*7-,8+/m00/s1. The Kier molecular flexibility index (Phi) is 7.20. The first-order valence-corrected chi connectivity index (χ1v) is 9.77. The molecular formula is C20H24N4O8. The second-order valence-corrected chi connectivity index (χ2v) is 7.22. The maximum absolute atomic E-state index is 11.5. The monoisotopic (exact) mass is 448 g/mol. The highest BCUT2D eigenvalue weighted by Crippen LogP contribution is 2.19. The summed E-state index contributed by atoms with van der Waals surface area (Å²) in [6.07, 6.45) is 7.63. The van der Waals surface area contributed by atoms with Crippen molar-refractivity contribution in [2.45, 2.75) is 38.5 Å². The molecule has 0 amide bonds. The lowest BCUT2D eigenvalue weighted by Gasteiger charge is -2.14. The van der Waals surface area contributed by atoms with E-state index in [1.807, 2.05) is 0 Å². The summed E-state index contributed by atoms with van der Waals surface area (Å²) in [4.78, 5) is 49.7. The van der Waals surface area contributed by atoms with Crippen LogP contribution < -0.4 is 22.5 Å². The molecule has 2 aromatic heterocycles. The fraction of sp³-hybridized carbons (Fsp3) is 0.400. The average molecular weight is 448 g/mol. The van der Waals surface area contributed by atoms with Crippen LogP contribution in [0.25, 0.3) is 0 Å². The summed E-state index contributed by atoms with van der Waals surface area (Å²) in [6, 6.07) is 0. The first-order valence-electron chi connectivity index (χ1n) is 9.77. The average Bonchev–Trinajstić information content (AvgIpc) is 3.43. The maximum Gasteiger partial charge on any atom is 0.330 e. The molecule has 2 aliphatic rings. The lowest BCUT2D eigenvalue weighted by molar-refractivity contribution is -0.0104. The SMILES string of the molecule is Cc1cn([C@H]2C=C[C@@H](CO)O2)c(=O)[nH]c1=O.Cc1cn([C@H]2C=C[C@@H](CO)O2)c(=O)[nH]c1=O. The van der Waals surface area contributed by atoms with Gasteiger partial charge in [0, 0.05) is 23.5 Å². The van der Waals surface area contributed by atoms with E-state index in [0.717, 1.165) is 0 Å². The Hall–Kier alpha value is -3.32. The molecule has 0 saturated carbocycles. The number of aromatic amines is 2. The Labute approximate surface area is 180 Å². The van der Waals surface area contributed by atoms with Gasteiger partial charge in [0.25, 0.3) is 11.1 Å². The first kappa shape index (κ1) is 23.3. The molecule has 12 heteroatoms. The molecular weight excluding hydrogens is 424 g/mol. The summed E-state index contributed by atoms with van der Waals surface area (Å²) in [7, 11) is 0. The van der Waals surface area contributed by atoms with Gasteiger partial charge in [-0.1, -0.05) is 12.2 Å². The molecule has 4 rings (SSSR count). The highest BCUT2D eigenvalue weighted by atomic mass is 16.5. The lowest BCUT2D eigenvalue weighted by atomic mass is 10.3. The van der Waals surface area contributed by atoms with Crippen molar-refractivity contribution in [3.8, 4) is 0 Å². The van der Waals surface area contributed by atoms with E-state index >= 15 is 0 Å². The van der Waals surface area contributed by atoms with Crippen molar-refractivity contribution >= 4 is 0 Å². The van der Waals surface area contributed by atoms with Crippen LogP contribution in [0.1, 0.15) is 23.6 Å². The molecule has 4 heterocycles. The van der Waals surface area contributed by atoms with Crippen molar-refractivity contribution in [2.24, 2.45) is 0 Å². The lowest BCUT2D eigenvalue weighted by Crippen LogP contribution is -2.33. The number of nitrogens with one attached hydrogen (secondary N) is 2. The van der Waals surface area contributed by atoms with Crippen LogP contribution in [0.2, 0.25) is 0 Å². The first-order chi connectivity index (χ1) is 15.2. The van der Waals surface area contributed by atoms with Gasteiger partial charge in [0.05, 0.1) is 13.2 Å². The number of hydrogen-bond acceptors (Lipinski definition) is 8. The summed E-state index contributed by atoms with van der Waals surface area (Å²) in [5.74, 6) is 0. The van der Waals surface area contributed by atoms with Crippen molar-refractivity contribution < 1.29 is 19.7 Å². The molecule has 2 aromatic rings. The zero-order valence-electron chi connectivity index (χ0n) is 17.4. The molecule has 12 nitrogen and oxygen atoms in total. The molecule has 2 aliphatic heterocycles. The molecule has 0 fully saturated rings. The molecule has 4 N–H and O–H groups in total. The number of aryl methyl sites for hydroxylation is 2. The van der Waals surface area contributed by atoms with E-state index < -0.39 is 47.2 Å². The van der Waals surface area contributed by atoms with Gasteiger partial charge in [-0.15, -0.1) is 0 Å². The van der Waals surface area contributed by atoms with Crippen LogP contribution in [0.5, 0.6) is 0 Å². The van der Waals surface area contributed by atoms with E-state index in [9.17, 15) is 19.2 Å². The van der Waals surface area contributed by atoms with Crippen LogP contribution >= 0.6 is 0 Å². The number of rotatable bonds is 4. The fourth-order valence-corrected chi connectivity index (χ4v) is 3.05. The predicted octanol–water partition coefficient (Wildman–Crippen LogP) is -1.42. The molecule has 0 spiro atoms. The quantitative estimate of drug-likeness (QED) is 0.413. The maximum atomic E-state index is 11.5. The third-order valence-electron chi connectivity index (χ3n) is 4.81. The Morgan fingerprint density at radius 1 is 0.750 bits per heavy atom. The van der Waals surface area contributed by atoms with Crippen LogP contribution in [0.4, 0.5) is 0 Å². The number of nitrogens with zero attached hydrogens (tertiary/aromatic N) is 2. The predicted molar refractivity (Wildman–Crippen MR) is 112 cm³/mol. The van der Waals surface area contributed by atoms with Gasteiger partial charge in [-0.25, -0.2) is 9.59 Å². The van der Waals surface area contributed by atoms with E-state index in [-0.39, 0.29) is 13.2 Å². The third kappa shape index (κ3) is 5.11. The van der Waals surface area contributed by atoms with Crippen LogP contribution in [-0.4, -0.2) is 54.7 Å². The number of ether oxygens (including phenoxy) is 2. The van der Waals surface area contributed by atoms with E-state index in [1.165, 1.54) is 21.5 Å². The molecule has 0 aliphatic carbocycles. The van der Waals surface area contributed by atoms with E-state index in [0.29, 0.717) is 11.1 Å². The summed E-state index contributed by atoms with van der Waals surface area (Å²) in [5.41, 5.74) is -0.982. The van der Waals surface area contributed by atoms with Crippen LogP contribution in [0, 0.1) is 13.8 Å². The van der Waals surface area contributed by atoms with Gasteiger partial charge in [-0.2, -0.15) is 0 Å². The molecule has 0 aromatic carbocycles. The van der Waals surface area contributed by atoms with Gasteiger partial charge in [-0.05, 0) is 26.0 Å². The summed E-state index contributed by atoms with van der Waals surface area (Å²) >= 11 is 0. The molecule has 4 atom stereocenters. The van der Waals surface area contributed by atoms with Gasteiger partial charge in [0.15, 0.2) is 12.5 Å². The Balaban J connectivity index is 0.000000181. The van der Waals surface area contributed by atoms with Crippen LogP contribution in [0.15, 0.2) is 55.9 Å². The van der Waals surface area contributed by atoms with Gasteiger partial charge >= 0.3 is 11.4 Å². The van der Waals surface area contributed by atoms with Gasteiger partial charge in [-0.3, -0.25) is 28.7 Å². The number of aliphatic hydroxyl groups excluding tert-OH is 2. The van der Waals surface area contributed by atoms with E-state index in [1.54, 1.807) is 38.2 Å². The molecule has 172 valence electrons. The van der Waals surface area contributed by atoms with E-state index in [4.69, 9.17) is 19.7 Å². The zero-order chi connectivity index (χ0) is 23.4. The second-order valence-electron chi connectivity index (χ2n) is 7.22. The van der Waals surface area contributed by atoms with Crippen LogP contribution in [-0.2, 0) is 9.47 Å². The summed E-state index contributed by atoms with van der Waals surface area (Å²) < 4.78 is 13.3. The zero-order valence-corrected chi connectivity index (χ0v) is 17.4. The molecule has 0 radical (unpaired) electrons. The largest absolute Gasteiger partial charge is 0.393 e. The number of H-pyrrole nitrogens is 2. The molecule has 0 unspecified atom stereocenters. The van der Waals surface area contributed by atoms with E-state index in [2.05, 4.69) is 9.97 Å². The topological polar surface area (TPSA) is 169 Å². The minimum atomic E-state index is -0.569. The summed E-state index contributed by atoms with van der Waals surface area (Å²) in [6.45, 7) is 2.95. The van der Waals surface area contributed by atoms with Crippen molar-refractivity contribution in [1.29, 1.82) is 0 Å². The van der Waals surface area contributed by atoms with Gasteiger partial charge < -0.3 is 19.7 Å². The highest BCUT2D eigenvalue weighted by molar-refractivity contribution is 5.07. The smallest absolute Gasteiger partial charge is 0.330 e. The second kappa shape index (κ2) is 9.87.